The van der Waals surface area contributed by atoms with Crippen molar-refractivity contribution >= 4 is 17.0 Å². The van der Waals surface area contributed by atoms with Crippen LogP contribution < -0.4 is 5.73 Å². The second-order valence-electron chi connectivity index (χ2n) is 5.05. The number of nitrogen functional groups attached to an aromatic ring is 1. The number of allylic oxidation sites excluding steroid dienone is 1. The van der Waals surface area contributed by atoms with Crippen LogP contribution in [0.5, 0.6) is 0 Å². The number of aliphatic hydroxyl groups is 3. The Hall–Kier alpha value is -2.07. The predicted octanol–water partition coefficient (Wildman–Crippen LogP) is -1.25. The van der Waals surface area contributed by atoms with Crippen molar-refractivity contribution in [2.75, 3.05) is 12.3 Å². The van der Waals surface area contributed by atoms with Crippen molar-refractivity contribution in [3.8, 4) is 0 Å². The van der Waals surface area contributed by atoms with Crippen LogP contribution in [0.2, 0.25) is 0 Å². The number of imidazole rings is 1. The molecular weight excluding hydrogens is 290 g/mol. The average Bonchev–Trinajstić information content (AvgIpc) is 3.00. The van der Waals surface area contributed by atoms with E-state index in [2.05, 4.69) is 21.5 Å². The van der Waals surface area contributed by atoms with Gasteiger partial charge in [-0.15, -0.1) is 6.58 Å². The first kappa shape index (κ1) is 14.9. The highest BCUT2D eigenvalue weighted by atomic mass is 16.6. The number of anilines is 1. The van der Waals surface area contributed by atoms with Gasteiger partial charge in [-0.2, -0.15) is 0 Å². The molecule has 0 aliphatic carbocycles. The lowest BCUT2D eigenvalue weighted by Gasteiger charge is -2.19. The molecule has 9 heteroatoms. The van der Waals surface area contributed by atoms with E-state index in [-0.39, 0.29) is 5.82 Å². The molecule has 22 heavy (non-hydrogen) atoms. The van der Waals surface area contributed by atoms with E-state index in [4.69, 9.17) is 10.5 Å². The maximum absolute atomic E-state index is 10.2. The lowest BCUT2D eigenvalue weighted by molar-refractivity contribution is -0.0521. The van der Waals surface area contributed by atoms with E-state index in [1.807, 2.05) is 0 Å². The van der Waals surface area contributed by atoms with Crippen LogP contribution in [0.3, 0.4) is 0 Å². The molecule has 1 aliphatic heterocycles. The van der Waals surface area contributed by atoms with Gasteiger partial charge in [0, 0.05) is 6.42 Å². The SMILES string of the molecule is C=CCc1nc2c(N)ncnc2n1[C@@H]1O[C@H](CO)[C@@H](O)[C@H]1O. The van der Waals surface area contributed by atoms with Gasteiger partial charge in [0.1, 0.15) is 30.5 Å². The Morgan fingerprint density at radius 1 is 1.36 bits per heavy atom. The summed E-state index contributed by atoms with van der Waals surface area (Å²) in [5.74, 6) is 0.729. The minimum Gasteiger partial charge on any atom is -0.394 e. The zero-order chi connectivity index (χ0) is 15.9. The fraction of sp³-hybridized carbons (Fsp3) is 0.462. The number of rotatable bonds is 4. The Bertz CT molecular complexity index is 703. The summed E-state index contributed by atoms with van der Waals surface area (Å²) < 4.78 is 7.11. The number of fused-ring (bicyclic) bond motifs is 1. The third-order valence-corrected chi connectivity index (χ3v) is 3.68. The molecule has 0 aromatic carbocycles. The summed E-state index contributed by atoms with van der Waals surface area (Å²) in [6.07, 6.45) is -0.924. The van der Waals surface area contributed by atoms with Gasteiger partial charge in [0.25, 0.3) is 0 Å². The van der Waals surface area contributed by atoms with E-state index in [0.29, 0.717) is 23.4 Å². The smallest absolute Gasteiger partial charge is 0.167 e. The van der Waals surface area contributed by atoms with Crippen LogP contribution in [0.4, 0.5) is 5.82 Å². The Kier molecular flexibility index (Phi) is 3.79. The largest absolute Gasteiger partial charge is 0.394 e. The number of ether oxygens (including phenoxy) is 1. The maximum atomic E-state index is 10.2. The van der Waals surface area contributed by atoms with E-state index in [1.54, 1.807) is 10.6 Å². The van der Waals surface area contributed by atoms with Gasteiger partial charge >= 0.3 is 0 Å². The van der Waals surface area contributed by atoms with Gasteiger partial charge < -0.3 is 25.8 Å². The van der Waals surface area contributed by atoms with Crippen LogP contribution in [0, 0.1) is 0 Å². The molecule has 118 valence electrons. The Morgan fingerprint density at radius 3 is 2.77 bits per heavy atom. The summed E-state index contributed by atoms with van der Waals surface area (Å²) >= 11 is 0. The third kappa shape index (κ3) is 2.15. The quantitative estimate of drug-likeness (QED) is 0.514. The molecular formula is C13H17N5O4. The van der Waals surface area contributed by atoms with E-state index in [1.165, 1.54) is 6.33 Å². The van der Waals surface area contributed by atoms with Crippen molar-refractivity contribution in [1.29, 1.82) is 0 Å². The molecule has 2 aromatic heterocycles. The van der Waals surface area contributed by atoms with Gasteiger partial charge in [0.05, 0.1) is 6.61 Å². The Balaban J connectivity index is 2.15. The lowest BCUT2D eigenvalue weighted by atomic mass is 10.1. The molecule has 4 atom stereocenters. The van der Waals surface area contributed by atoms with Gasteiger partial charge in [-0.05, 0) is 0 Å². The summed E-state index contributed by atoms with van der Waals surface area (Å²) in [7, 11) is 0. The van der Waals surface area contributed by atoms with Gasteiger partial charge in [-0.25, -0.2) is 15.0 Å². The molecule has 3 rings (SSSR count). The van der Waals surface area contributed by atoms with Crippen molar-refractivity contribution in [1.82, 2.24) is 19.5 Å². The van der Waals surface area contributed by atoms with Gasteiger partial charge in [-0.1, -0.05) is 6.08 Å². The second-order valence-corrected chi connectivity index (χ2v) is 5.05. The maximum Gasteiger partial charge on any atom is 0.167 e. The zero-order valence-corrected chi connectivity index (χ0v) is 11.7. The van der Waals surface area contributed by atoms with Gasteiger partial charge in [0.15, 0.2) is 23.2 Å². The molecule has 0 amide bonds. The van der Waals surface area contributed by atoms with Crippen LogP contribution in [0.1, 0.15) is 12.1 Å². The normalized spacial score (nSPS) is 28.3. The summed E-state index contributed by atoms with van der Waals surface area (Å²) in [6, 6.07) is 0. The molecule has 3 heterocycles. The molecule has 9 nitrogen and oxygen atoms in total. The Morgan fingerprint density at radius 2 is 2.14 bits per heavy atom. The van der Waals surface area contributed by atoms with Gasteiger partial charge in [-0.3, -0.25) is 4.57 Å². The van der Waals surface area contributed by atoms with Gasteiger partial charge in [0.2, 0.25) is 0 Å². The first-order valence-electron chi connectivity index (χ1n) is 6.79. The minimum atomic E-state index is -1.23. The number of nitrogens with zero attached hydrogens (tertiary/aromatic N) is 4. The topological polar surface area (TPSA) is 140 Å². The van der Waals surface area contributed by atoms with E-state index in [0.717, 1.165) is 0 Å². The number of hydrogen-bond acceptors (Lipinski definition) is 8. The number of hydrogen-bond donors (Lipinski definition) is 4. The highest BCUT2D eigenvalue weighted by Crippen LogP contribution is 2.33. The van der Waals surface area contributed by atoms with Crippen LogP contribution in [0.25, 0.3) is 11.2 Å². The molecule has 0 unspecified atom stereocenters. The fourth-order valence-corrected chi connectivity index (χ4v) is 2.61. The standard InChI is InChI=1S/C13H17N5O4/c1-2-3-7-17-8-11(14)15-5-16-12(8)18(7)13-10(21)9(20)6(4-19)22-13/h2,5-6,9-10,13,19-21H,1,3-4H2,(H2,14,15,16)/t6-,9-,10-,13-/m1/s1. The molecule has 1 saturated heterocycles. The van der Waals surface area contributed by atoms with Crippen molar-refractivity contribution < 1.29 is 20.1 Å². The van der Waals surface area contributed by atoms with Crippen molar-refractivity contribution in [3.05, 3.63) is 24.8 Å². The fourth-order valence-electron chi connectivity index (χ4n) is 2.61. The zero-order valence-electron chi connectivity index (χ0n) is 11.7. The van der Waals surface area contributed by atoms with Crippen molar-refractivity contribution in [2.24, 2.45) is 0 Å². The number of aliphatic hydroxyl groups excluding tert-OH is 3. The molecule has 2 aromatic rings. The van der Waals surface area contributed by atoms with Crippen molar-refractivity contribution in [3.63, 3.8) is 0 Å². The van der Waals surface area contributed by atoms with E-state index in [9.17, 15) is 15.3 Å². The highest BCUT2D eigenvalue weighted by Gasteiger charge is 2.44. The highest BCUT2D eigenvalue weighted by molar-refractivity contribution is 5.82. The third-order valence-electron chi connectivity index (χ3n) is 3.68. The van der Waals surface area contributed by atoms with E-state index >= 15 is 0 Å². The first-order chi connectivity index (χ1) is 10.6. The van der Waals surface area contributed by atoms with Crippen molar-refractivity contribution in [2.45, 2.75) is 31.0 Å². The molecule has 1 fully saturated rings. The number of nitrogens with two attached hydrogens (primary N) is 1. The molecule has 0 bridgehead atoms. The summed E-state index contributed by atoms with van der Waals surface area (Å²) in [5, 5.41) is 29.4. The predicted molar refractivity (Wildman–Crippen MR) is 76.6 cm³/mol. The summed E-state index contributed by atoms with van der Waals surface area (Å²) in [6.45, 7) is 3.26. The van der Waals surface area contributed by atoms with E-state index < -0.39 is 31.1 Å². The van der Waals surface area contributed by atoms with Crippen LogP contribution >= 0.6 is 0 Å². The number of aromatic nitrogens is 4. The molecule has 0 saturated carbocycles. The summed E-state index contributed by atoms with van der Waals surface area (Å²) in [4.78, 5) is 12.4. The summed E-state index contributed by atoms with van der Waals surface area (Å²) in [5.41, 5.74) is 6.58. The minimum absolute atomic E-state index is 0.209. The second kappa shape index (κ2) is 5.61. The molecule has 0 spiro atoms. The van der Waals surface area contributed by atoms with Crippen LogP contribution in [-0.4, -0.2) is 59.8 Å². The monoisotopic (exact) mass is 307 g/mol. The molecule has 0 radical (unpaired) electrons. The average molecular weight is 307 g/mol. The lowest BCUT2D eigenvalue weighted by Crippen LogP contribution is -2.33. The first-order valence-corrected chi connectivity index (χ1v) is 6.79. The molecule has 5 N–H and O–H groups in total. The molecule has 1 aliphatic rings. The van der Waals surface area contributed by atoms with Crippen LogP contribution in [0.15, 0.2) is 19.0 Å². The van der Waals surface area contributed by atoms with Crippen LogP contribution in [-0.2, 0) is 11.2 Å². The Labute approximate surface area is 125 Å².